The van der Waals surface area contributed by atoms with Crippen LogP contribution in [-0.2, 0) is 14.4 Å². The summed E-state index contributed by atoms with van der Waals surface area (Å²) in [5.74, 6) is -0.846. The molecule has 2 aromatic rings. The van der Waals surface area contributed by atoms with Gasteiger partial charge in [-0.05, 0) is 36.4 Å². The zero-order valence-corrected chi connectivity index (χ0v) is 15.8. The highest BCUT2D eigenvalue weighted by Crippen LogP contribution is 2.31. The number of halogens is 2. The van der Waals surface area contributed by atoms with Crippen molar-refractivity contribution in [2.45, 2.75) is 11.7 Å². The second kappa shape index (κ2) is 8.12. The number of carbonyl (C=O) groups is 3. The number of benzene rings is 2. The van der Waals surface area contributed by atoms with Crippen LogP contribution in [0.5, 0.6) is 0 Å². The molecule has 26 heavy (non-hydrogen) atoms. The van der Waals surface area contributed by atoms with E-state index in [9.17, 15) is 14.4 Å². The second-order valence-corrected chi connectivity index (χ2v) is 7.67. The molecule has 134 valence electrons. The molecule has 0 radical (unpaired) electrons. The number of thioether (sulfide) groups is 1. The Hall–Kier alpha value is -2.02. The van der Waals surface area contributed by atoms with Crippen molar-refractivity contribution in [3.63, 3.8) is 0 Å². The van der Waals surface area contributed by atoms with E-state index in [4.69, 9.17) is 23.2 Å². The lowest BCUT2D eigenvalue weighted by Gasteiger charge is -2.15. The third-order valence-electron chi connectivity index (χ3n) is 3.70. The number of rotatable bonds is 5. The van der Waals surface area contributed by atoms with Crippen LogP contribution in [0.1, 0.15) is 6.42 Å². The van der Waals surface area contributed by atoms with Crippen LogP contribution in [-0.4, -0.2) is 28.7 Å². The normalized spacial score (nSPS) is 16.8. The fraction of sp³-hybridized carbons (Fsp3) is 0.167. The molecule has 1 fully saturated rings. The van der Waals surface area contributed by atoms with Gasteiger partial charge in [0.15, 0.2) is 0 Å². The SMILES string of the molecule is O=C(CSC1CC(=O)N(c2cccc(Cl)c2)C1=O)Nc1cccc(Cl)c1. The van der Waals surface area contributed by atoms with Crippen molar-refractivity contribution in [2.24, 2.45) is 0 Å². The largest absolute Gasteiger partial charge is 0.325 e. The van der Waals surface area contributed by atoms with Crippen molar-refractivity contribution >= 4 is 64.1 Å². The fourth-order valence-corrected chi connectivity index (χ4v) is 3.87. The van der Waals surface area contributed by atoms with Crippen LogP contribution >= 0.6 is 35.0 Å². The monoisotopic (exact) mass is 408 g/mol. The van der Waals surface area contributed by atoms with Gasteiger partial charge >= 0.3 is 0 Å². The minimum atomic E-state index is -0.591. The van der Waals surface area contributed by atoms with Crippen LogP contribution in [0.3, 0.4) is 0 Å². The van der Waals surface area contributed by atoms with Gasteiger partial charge in [-0.1, -0.05) is 35.3 Å². The van der Waals surface area contributed by atoms with Crippen molar-refractivity contribution in [3.05, 3.63) is 58.6 Å². The Bertz CT molecular complexity index is 875. The molecule has 1 atom stereocenters. The number of amides is 3. The lowest BCUT2D eigenvalue weighted by atomic mass is 10.3. The number of nitrogens with zero attached hydrogens (tertiary/aromatic N) is 1. The number of hydrogen-bond acceptors (Lipinski definition) is 4. The maximum Gasteiger partial charge on any atom is 0.247 e. The Kier molecular flexibility index (Phi) is 5.86. The minimum absolute atomic E-state index is 0.0551. The van der Waals surface area contributed by atoms with E-state index in [1.165, 1.54) is 0 Å². The number of carbonyl (C=O) groups excluding carboxylic acids is 3. The summed E-state index contributed by atoms with van der Waals surface area (Å²) in [5.41, 5.74) is 1.02. The average molecular weight is 409 g/mol. The lowest BCUT2D eigenvalue weighted by molar-refractivity contribution is -0.121. The lowest BCUT2D eigenvalue weighted by Crippen LogP contribution is -2.31. The Morgan fingerprint density at radius 1 is 1.12 bits per heavy atom. The standard InChI is InChI=1S/C18H14Cl2N2O3S/c19-11-3-1-5-13(7-11)21-16(23)10-26-15-9-17(24)22(18(15)25)14-6-2-4-12(20)8-14/h1-8,15H,9-10H2,(H,21,23). The van der Waals surface area contributed by atoms with Crippen LogP contribution < -0.4 is 10.2 Å². The number of imide groups is 1. The molecule has 8 heteroatoms. The Morgan fingerprint density at radius 3 is 2.50 bits per heavy atom. The second-order valence-electron chi connectivity index (χ2n) is 5.61. The van der Waals surface area contributed by atoms with Crippen LogP contribution in [0.25, 0.3) is 0 Å². The summed E-state index contributed by atoms with van der Waals surface area (Å²) in [5, 5.41) is 3.08. The maximum absolute atomic E-state index is 12.5. The van der Waals surface area contributed by atoms with E-state index in [0.717, 1.165) is 16.7 Å². The molecule has 0 spiro atoms. The van der Waals surface area contributed by atoms with Gasteiger partial charge in [-0.2, -0.15) is 0 Å². The summed E-state index contributed by atoms with van der Waals surface area (Å²) in [6.07, 6.45) is 0.0560. The van der Waals surface area contributed by atoms with Crippen molar-refractivity contribution in [3.8, 4) is 0 Å². The van der Waals surface area contributed by atoms with Crippen LogP contribution in [0.15, 0.2) is 48.5 Å². The molecule has 0 saturated carbocycles. The smallest absolute Gasteiger partial charge is 0.247 e. The molecular formula is C18H14Cl2N2O3S. The highest BCUT2D eigenvalue weighted by Gasteiger charge is 2.40. The summed E-state index contributed by atoms with van der Waals surface area (Å²) in [6, 6.07) is 13.4. The van der Waals surface area contributed by atoms with Gasteiger partial charge in [0.25, 0.3) is 0 Å². The molecule has 1 aliphatic heterocycles. The van der Waals surface area contributed by atoms with E-state index >= 15 is 0 Å². The molecule has 1 heterocycles. The molecule has 0 bridgehead atoms. The first-order chi connectivity index (χ1) is 12.4. The Balaban J connectivity index is 1.60. The van der Waals surface area contributed by atoms with Crippen LogP contribution in [0, 0.1) is 0 Å². The van der Waals surface area contributed by atoms with Gasteiger partial charge in [-0.15, -0.1) is 11.8 Å². The molecule has 5 nitrogen and oxygen atoms in total. The van der Waals surface area contributed by atoms with Gasteiger partial charge in [-0.25, -0.2) is 4.90 Å². The van der Waals surface area contributed by atoms with Gasteiger partial charge in [0, 0.05) is 22.2 Å². The van der Waals surface area contributed by atoms with Gasteiger partial charge in [0.05, 0.1) is 16.7 Å². The summed E-state index contributed by atoms with van der Waals surface area (Å²) in [6.45, 7) is 0. The first-order valence-electron chi connectivity index (χ1n) is 7.73. The molecule has 0 aromatic heterocycles. The average Bonchev–Trinajstić information content (AvgIpc) is 2.87. The summed E-state index contributed by atoms with van der Waals surface area (Å²) >= 11 is 12.9. The summed E-state index contributed by atoms with van der Waals surface area (Å²) in [4.78, 5) is 37.9. The molecule has 0 aliphatic carbocycles. The third kappa shape index (κ3) is 4.38. The highest BCUT2D eigenvalue weighted by molar-refractivity contribution is 8.01. The first-order valence-corrected chi connectivity index (χ1v) is 9.54. The van der Waals surface area contributed by atoms with Crippen molar-refractivity contribution in [2.75, 3.05) is 16.0 Å². The highest BCUT2D eigenvalue weighted by atomic mass is 35.5. The van der Waals surface area contributed by atoms with Gasteiger partial charge in [0.2, 0.25) is 17.7 Å². The topological polar surface area (TPSA) is 66.5 Å². The number of hydrogen-bond donors (Lipinski definition) is 1. The van der Waals surface area contributed by atoms with Gasteiger partial charge in [-0.3, -0.25) is 14.4 Å². The van der Waals surface area contributed by atoms with Gasteiger partial charge < -0.3 is 5.32 Å². The van der Waals surface area contributed by atoms with Crippen LogP contribution in [0.2, 0.25) is 10.0 Å². The maximum atomic E-state index is 12.5. The Labute approximate surface area is 164 Å². The third-order valence-corrected chi connectivity index (χ3v) is 5.37. The molecule has 1 saturated heterocycles. The minimum Gasteiger partial charge on any atom is -0.325 e. The van der Waals surface area contributed by atoms with E-state index in [-0.39, 0.29) is 29.9 Å². The predicted octanol–water partition coefficient (Wildman–Crippen LogP) is 4.00. The van der Waals surface area contributed by atoms with Crippen molar-refractivity contribution in [1.29, 1.82) is 0 Å². The van der Waals surface area contributed by atoms with E-state index in [2.05, 4.69) is 5.32 Å². The molecule has 1 aliphatic rings. The van der Waals surface area contributed by atoms with Crippen molar-refractivity contribution < 1.29 is 14.4 Å². The van der Waals surface area contributed by atoms with Gasteiger partial charge in [0.1, 0.15) is 0 Å². The zero-order chi connectivity index (χ0) is 18.7. The number of nitrogens with one attached hydrogen (secondary N) is 1. The Morgan fingerprint density at radius 2 is 1.81 bits per heavy atom. The molecule has 3 rings (SSSR count). The quantitative estimate of drug-likeness (QED) is 0.759. The van der Waals surface area contributed by atoms with E-state index in [1.807, 2.05) is 0 Å². The van der Waals surface area contributed by atoms with E-state index in [1.54, 1.807) is 48.5 Å². The summed E-state index contributed by atoms with van der Waals surface area (Å²) in [7, 11) is 0. The molecular weight excluding hydrogens is 395 g/mol. The molecule has 1 unspecified atom stereocenters. The van der Waals surface area contributed by atoms with Crippen LogP contribution in [0.4, 0.5) is 11.4 Å². The first kappa shape index (κ1) is 18.8. The number of anilines is 2. The fourth-order valence-electron chi connectivity index (χ4n) is 2.56. The summed E-state index contributed by atoms with van der Waals surface area (Å²) < 4.78 is 0. The zero-order valence-electron chi connectivity index (χ0n) is 13.4. The van der Waals surface area contributed by atoms with E-state index < -0.39 is 5.25 Å². The molecule has 2 aromatic carbocycles. The van der Waals surface area contributed by atoms with E-state index in [0.29, 0.717) is 21.4 Å². The van der Waals surface area contributed by atoms with Crippen molar-refractivity contribution in [1.82, 2.24) is 0 Å². The molecule has 1 N–H and O–H groups in total. The molecule has 3 amide bonds. The predicted molar refractivity (Wildman–Crippen MR) is 105 cm³/mol.